The Labute approximate surface area is 140 Å². The lowest BCUT2D eigenvalue weighted by atomic mass is 9.64. The molecule has 1 saturated carbocycles. The smallest absolute Gasteiger partial charge is 0.235 e. The van der Waals surface area contributed by atoms with Crippen molar-refractivity contribution < 1.29 is 9.90 Å². The quantitative estimate of drug-likeness (QED) is 0.699. The van der Waals surface area contributed by atoms with Crippen molar-refractivity contribution in [2.45, 2.75) is 71.9 Å². The van der Waals surface area contributed by atoms with Crippen molar-refractivity contribution in [2.24, 2.45) is 17.3 Å². The van der Waals surface area contributed by atoms with Gasteiger partial charge >= 0.3 is 0 Å². The van der Waals surface area contributed by atoms with Gasteiger partial charge in [0.25, 0.3) is 0 Å². The minimum atomic E-state index is -0.871. The van der Waals surface area contributed by atoms with Crippen molar-refractivity contribution in [3.63, 3.8) is 0 Å². The van der Waals surface area contributed by atoms with E-state index in [1.807, 2.05) is 13.8 Å². The van der Waals surface area contributed by atoms with Crippen molar-refractivity contribution in [3.05, 3.63) is 0 Å². The molecule has 1 aliphatic carbocycles. The van der Waals surface area contributed by atoms with Crippen LogP contribution in [0.2, 0.25) is 0 Å². The van der Waals surface area contributed by atoms with E-state index >= 15 is 0 Å². The Morgan fingerprint density at radius 2 is 2.04 bits per heavy atom. The second-order valence-electron chi connectivity index (χ2n) is 8.66. The third-order valence-electron chi connectivity index (χ3n) is 5.17. The van der Waals surface area contributed by atoms with Gasteiger partial charge in [-0.05, 0) is 43.4 Å². The van der Waals surface area contributed by atoms with Gasteiger partial charge < -0.3 is 15.7 Å². The van der Waals surface area contributed by atoms with Gasteiger partial charge in [0, 0.05) is 5.54 Å². The van der Waals surface area contributed by atoms with Crippen molar-refractivity contribution in [1.82, 2.24) is 10.6 Å². The molecule has 3 unspecified atom stereocenters. The third kappa shape index (κ3) is 5.19. The van der Waals surface area contributed by atoms with Crippen LogP contribution in [0.3, 0.4) is 0 Å². The van der Waals surface area contributed by atoms with E-state index in [0.717, 1.165) is 19.3 Å². The first-order chi connectivity index (χ1) is 10.5. The molecule has 1 aliphatic rings. The average molecular weight is 323 g/mol. The molecule has 0 spiro atoms. The van der Waals surface area contributed by atoms with Crippen LogP contribution in [0.25, 0.3) is 0 Å². The van der Waals surface area contributed by atoms with E-state index in [9.17, 15) is 15.2 Å². The van der Waals surface area contributed by atoms with E-state index in [1.165, 1.54) is 0 Å². The third-order valence-corrected chi connectivity index (χ3v) is 5.17. The van der Waals surface area contributed by atoms with Crippen LogP contribution in [-0.4, -0.2) is 35.2 Å². The molecule has 0 bridgehead atoms. The van der Waals surface area contributed by atoms with Gasteiger partial charge in [0.2, 0.25) is 5.91 Å². The van der Waals surface area contributed by atoms with E-state index in [-0.39, 0.29) is 30.4 Å². The summed E-state index contributed by atoms with van der Waals surface area (Å²) >= 11 is 0. The number of hydrogen-bond acceptors (Lipinski definition) is 4. The van der Waals surface area contributed by atoms with E-state index in [2.05, 4.69) is 37.5 Å². The average Bonchev–Trinajstić information content (AvgIpc) is 2.42. The number of nitrogens with zero attached hydrogens (tertiary/aromatic N) is 1. The monoisotopic (exact) mass is 323 g/mol. The predicted molar refractivity (Wildman–Crippen MR) is 91.6 cm³/mol. The SMILES string of the molecule is CC1CC(C)(C)CC(CO)(NCC(=O)NC(C)(C#N)C(C)C)C1. The largest absolute Gasteiger partial charge is 0.394 e. The van der Waals surface area contributed by atoms with Crippen molar-refractivity contribution in [3.8, 4) is 6.07 Å². The molecule has 5 nitrogen and oxygen atoms in total. The van der Waals surface area contributed by atoms with Crippen LogP contribution in [0.4, 0.5) is 0 Å². The van der Waals surface area contributed by atoms with Gasteiger partial charge in [-0.15, -0.1) is 0 Å². The maximum absolute atomic E-state index is 12.3. The molecule has 1 rings (SSSR count). The van der Waals surface area contributed by atoms with Gasteiger partial charge in [0.05, 0.1) is 19.2 Å². The number of hydrogen-bond donors (Lipinski definition) is 3. The zero-order chi connectivity index (χ0) is 17.9. The standard InChI is InChI=1S/C18H33N3O2/c1-13(2)17(6,11-19)21-15(23)9-20-18(12-22)8-14(3)7-16(4,5)10-18/h13-14,20,22H,7-10,12H2,1-6H3,(H,21,23). The van der Waals surface area contributed by atoms with Crippen molar-refractivity contribution in [1.29, 1.82) is 5.26 Å². The molecule has 0 aliphatic heterocycles. The minimum absolute atomic E-state index is 0.0216. The zero-order valence-corrected chi connectivity index (χ0v) is 15.5. The molecule has 0 radical (unpaired) electrons. The first kappa shape index (κ1) is 19.9. The van der Waals surface area contributed by atoms with Crippen molar-refractivity contribution in [2.75, 3.05) is 13.2 Å². The maximum Gasteiger partial charge on any atom is 0.235 e. The first-order valence-corrected chi connectivity index (χ1v) is 8.56. The lowest BCUT2D eigenvalue weighted by molar-refractivity contribution is -0.122. The molecule has 0 heterocycles. The highest BCUT2D eigenvalue weighted by Gasteiger charge is 2.42. The van der Waals surface area contributed by atoms with Crippen LogP contribution in [0.15, 0.2) is 0 Å². The first-order valence-electron chi connectivity index (χ1n) is 8.56. The summed E-state index contributed by atoms with van der Waals surface area (Å²) in [5.74, 6) is 0.324. The minimum Gasteiger partial charge on any atom is -0.394 e. The van der Waals surface area contributed by atoms with E-state index in [0.29, 0.717) is 5.92 Å². The number of carbonyl (C=O) groups excluding carboxylic acids is 1. The van der Waals surface area contributed by atoms with Gasteiger partial charge in [0.1, 0.15) is 5.54 Å². The number of rotatable bonds is 6. The molecule has 0 aromatic heterocycles. The topological polar surface area (TPSA) is 85.2 Å². The van der Waals surface area contributed by atoms with E-state index < -0.39 is 11.1 Å². The lowest BCUT2D eigenvalue weighted by Gasteiger charge is -2.47. The van der Waals surface area contributed by atoms with Crippen LogP contribution >= 0.6 is 0 Å². The number of carbonyl (C=O) groups is 1. The van der Waals surface area contributed by atoms with Gasteiger partial charge in [-0.3, -0.25) is 4.79 Å². The summed E-state index contributed by atoms with van der Waals surface area (Å²) in [7, 11) is 0. The fourth-order valence-corrected chi connectivity index (χ4v) is 3.96. The van der Waals surface area contributed by atoms with Crippen LogP contribution in [0.1, 0.15) is 60.8 Å². The summed E-state index contributed by atoms with van der Waals surface area (Å²) in [5, 5.41) is 25.3. The van der Waals surface area contributed by atoms with Crippen LogP contribution in [0, 0.1) is 28.6 Å². The second-order valence-corrected chi connectivity index (χ2v) is 8.66. The molecular formula is C18H33N3O2. The lowest BCUT2D eigenvalue weighted by Crippen LogP contribution is -2.59. The summed E-state index contributed by atoms with van der Waals surface area (Å²) in [6.07, 6.45) is 2.83. The van der Waals surface area contributed by atoms with Crippen LogP contribution < -0.4 is 10.6 Å². The number of aliphatic hydroxyl groups excluding tert-OH is 1. The Bertz CT molecular complexity index is 469. The Morgan fingerprint density at radius 1 is 1.43 bits per heavy atom. The van der Waals surface area contributed by atoms with Crippen LogP contribution in [-0.2, 0) is 4.79 Å². The fourth-order valence-electron chi connectivity index (χ4n) is 3.96. The summed E-state index contributed by atoms with van der Waals surface area (Å²) in [5.41, 5.74) is -1.15. The molecule has 5 heteroatoms. The summed E-state index contributed by atoms with van der Waals surface area (Å²) < 4.78 is 0. The molecule has 132 valence electrons. The van der Waals surface area contributed by atoms with E-state index in [1.54, 1.807) is 6.92 Å². The predicted octanol–water partition coefficient (Wildman–Crippen LogP) is 2.21. The Hall–Kier alpha value is -1.12. The normalized spacial score (nSPS) is 29.6. The van der Waals surface area contributed by atoms with Gasteiger partial charge in [0.15, 0.2) is 0 Å². The number of nitrogens with one attached hydrogen (secondary N) is 2. The molecule has 1 fully saturated rings. The van der Waals surface area contributed by atoms with Gasteiger partial charge in [-0.1, -0.05) is 34.6 Å². The highest BCUT2D eigenvalue weighted by atomic mass is 16.3. The highest BCUT2D eigenvalue weighted by molar-refractivity contribution is 5.79. The number of nitriles is 1. The fraction of sp³-hybridized carbons (Fsp3) is 0.889. The van der Waals surface area contributed by atoms with Crippen LogP contribution in [0.5, 0.6) is 0 Å². The van der Waals surface area contributed by atoms with E-state index in [4.69, 9.17) is 0 Å². The molecule has 3 N–H and O–H groups in total. The van der Waals surface area contributed by atoms with Gasteiger partial charge in [-0.25, -0.2) is 0 Å². The molecule has 0 saturated heterocycles. The summed E-state index contributed by atoms with van der Waals surface area (Å²) in [4.78, 5) is 12.3. The molecule has 3 atom stereocenters. The summed E-state index contributed by atoms with van der Waals surface area (Å²) in [6.45, 7) is 12.3. The van der Waals surface area contributed by atoms with Gasteiger partial charge in [-0.2, -0.15) is 5.26 Å². The number of aliphatic hydroxyl groups is 1. The highest BCUT2D eigenvalue weighted by Crippen LogP contribution is 2.43. The molecule has 1 amide bonds. The molecule has 0 aromatic rings. The second kappa shape index (κ2) is 7.19. The molecule has 23 heavy (non-hydrogen) atoms. The summed E-state index contributed by atoms with van der Waals surface area (Å²) in [6, 6.07) is 2.18. The Balaban J connectivity index is 2.71. The number of amides is 1. The van der Waals surface area contributed by atoms with Crippen molar-refractivity contribution >= 4 is 5.91 Å². The Morgan fingerprint density at radius 3 is 2.48 bits per heavy atom. The maximum atomic E-state index is 12.3. The molecule has 0 aromatic carbocycles. The molecular weight excluding hydrogens is 290 g/mol. The Kier molecular flexibility index (Phi) is 6.23. The zero-order valence-electron chi connectivity index (χ0n) is 15.5.